The molecule has 5 nitrogen and oxygen atoms in total. The van der Waals surface area contributed by atoms with Crippen LogP contribution in [0.5, 0.6) is 0 Å². The van der Waals surface area contributed by atoms with E-state index < -0.39 is 0 Å². The molecular weight excluding hydrogens is 332 g/mol. The first-order chi connectivity index (χ1) is 10.1. The van der Waals surface area contributed by atoms with E-state index in [4.69, 9.17) is 0 Å². The van der Waals surface area contributed by atoms with Crippen LogP contribution in [0.4, 0.5) is 11.5 Å². The summed E-state index contributed by atoms with van der Waals surface area (Å²) in [6, 6.07) is 7.40. The molecule has 110 valence electrons. The maximum Gasteiger partial charge on any atom is 0.275 e. The van der Waals surface area contributed by atoms with Gasteiger partial charge in [-0.05, 0) is 32.0 Å². The van der Waals surface area contributed by atoms with Crippen molar-refractivity contribution in [3.8, 4) is 0 Å². The monoisotopic (exact) mass is 348 g/mol. The van der Waals surface area contributed by atoms with Crippen molar-refractivity contribution in [2.75, 3.05) is 23.3 Å². The summed E-state index contributed by atoms with van der Waals surface area (Å²) >= 11 is 3.36. The molecule has 0 saturated carbocycles. The molecule has 0 atom stereocenters. The van der Waals surface area contributed by atoms with Gasteiger partial charge in [-0.15, -0.1) is 0 Å². The summed E-state index contributed by atoms with van der Waals surface area (Å²) in [6.45, 7) is 5.82. The van der Waals surface area contributed by atoms with Crippen molar-refractivity contribution in [1.82, 2.24) is 9.97 Å². The first kappa shape index (κ1) is 15.4. The lowest BCUT2D eigenvalue weighted by Gasteiger charge is -2.18. The Labute approximate surface area is 132 Å². The number of benzene rings is 1. The van der Waals surface area contributed by atoms with Gasteiger partial charge in [0.05, 0.1) is 12.4 Å². The topological polar surface area (TPSA) is 58.1 Å². The Morgan fingerprint density at radius 1 is 1.24 bits per heavy atom. The number of rotatable bonds is 5. The second-order valence-electron chi connectivity index (χ2n) is 4.40. The zero-order valence-electron chi connectivity index (χ0n) is 12.0. The number of hydrogen-bond donors (Lipinski definition) is 1. The summed E-state index contributed by atoms with van der Waals surface area (Å²) in [5, 5.41) is 2.79. The molecule has 0 unspecified atom stereocenters. The fraction of sp³-hybridized carbons (Fsp3) is 0.267. The lowest BCUT2D eigenvalue weighted by molar-refractivity contribution is 0.102. The van der Waals surface area contributed by atoms with Gasteiger partial charge in [0.15, 0.2) is 0 Å². The van der Waals surface area contributed by atoms with Gasteiger partial charge >= 0.3 is 0 Å². The molecule has 0 aliphatic rings. The molecule has 1 aromatic carbocycles. The number of nitrogens with zero attached hydrogens (tertiary/aromatic N) is 3. The first-order valence-electron chi connectivity index (χ1n) is 6.78. The second kappa shape index (κ2) is 7.17. The molecule has 0 fully saturated rings. The van der Waals surface area contributed by atoms with Crippen LogP contribution in [0.25, 0.3) is 0 Å². The van der Waals surface area contributed by atoms with E-state index >= 15 is 0 Å². The molecular formula is C15H17BrN4O. The molecule has 0 saturated heterocycles. The van der Waals surface area contributed by atoms with Gasteiger partial charge in [0.1, 0.15) is 11.5 Å². The Bertz CT molecular complexity index is 611. The van der Waals surface area contributed by atoms with E-state index in [9.17, 15) is 4.79 Å². The second-order valence-corrected chi connectivity index (χ2v) is 5.31. The zero-order chi connectivity index (χ0) is 15.2. The molecule has 1 N–H and O–H groups in total. The molecule has 0 spiro atoms. The lowest BCUT2D eigenvalue weighted by atomic mass is 10.3. The molecule has 21 heavy (non-hydrogen) atoms. The molecule has 1 aromatic heterocycles. The van der Waals surface area contributed by atoms with Crippen molar-refractivity contribution < 1.29 is 4.79 Å². The lowest BCUT2D eigenvalue weighted by Crippen LogP contribution is -2.23. The number of hydrogen-bond acceptors (Lipinski definition) is 4. The quantitative estimate of drug-likeness (QED) is 0.900. The van der Waals surface area contributed by atoms with Gasteiger partial charge in [-0.3, -0.25) is 4.79 Å². The molecule has 2 rings (SSSR count). The largest absolute Gasteiger partial charge is 0.356 e. The van der Waals surface area contributed by atoms with Crippen LogP contribution in [0.15, 0.2) is 41.1 Å². The van der Waals surface area contributed by atoms with E-state index in [-0.39, 0.29) is 5.91 Å². The van der Waals surface area contributed by atoms with Gasteiger partial charge in [0, 0.05) is 23.2 Å². The van der Waals surface area contributed by atoms with E-state index in [0.717, 1.165) is 23.4 Å². The van der Waals surface area contributed by atoms with Gasteiger partial charge in [0.25, 0.3) is 5.91 Å². The van der Waals surface area contributed by atoms with Gasteiger partial charge in [-0.25, -0.2) is 9.97 Å². The van der Waals surface area contributed by atoms with Crippen molar-refractivity contribution >= 4 is 33.3 Å². The number of amides is 1. The summed E-state index contributed by atoms with van der Waals surface area (Å²) in [6.07, 6.45) is 3.13. The minimum atomic E-state index is -0.272. The van der Waals surface area contributed by atoms with E-state index in [1.807, 2.05) is 24.3 Å². The summed E-state index contributed by atoms with van der Waals surface area (Å²) in [5.41, 5.74) is 1.01. The number of carbonyl (C=O) groups excluding carboxylic acids is 1. The summed E-state index contributed by atoms with van der Waals surface area (Å²) in [7, 11) is 0. The standard InChI is InChI=1S/C15H17BrN4O/c1-3-20(4-2)14-10-17-13(9-18-14)15(21)19-12-7-5-6-11(16)8-12/h5-10H,3-4H2,1-2H3,(H,19,21). The van der Waals surface area contributed by atoms with E-state index in [2.05, 4.69) is 50.0 Å². The highest BCUT2D eigenvalue weighted by atomic mass is 79.9. The van der Waals surface area contributed by atoms with Crippen LogP contribution in [0.1, 0.15) is 24.3 Å². The van der Waals surface area contributed by atoms with Crippen LogP contribution in [0, 0.1) is 0 Å². The molecule has 0 aliphatic heterocycles. The maximum atomic E-state index is 12.1. The third kappa shape index (κ3) is 4.01. The molecule has 0 aliphatic carbocycles. The van der Waals surface area contributed by atoms with Crippen molar-refractivity contribution in [2.24, 2.45) is 0 Å². The highest BCUT2D eigenvalue weighted by Crippen LogP contribution is 2.16. The minimum absolute atomic E-state index is 0.272. The molecule has 2 aromatic rings. The Hall–Kier alpha value is -1.95. The Morgan fingerprint density at radius 3 is 2.57 bits per heavy atom. The van der Waals surface area contributed by atoms with Crippen LogP contribution >= 0.6 is 15.9 Å². The molecule has 1 heterocycles. The van der Waals surface area contributed by atoms with E-state index in [1.54, 1.807) is 6.20 Å². The van der Waals surface area contributed by atoms with Gasteiger partial charge < -0.3 is 10.2 Å². The number of halogens is 1. The zero-order valence-corrected chi connectivity index (χ0v) is 13.6. The predicted octanol–water partition coefficient (Wildman–Crippen LogP) is 3.34. The fourth-order valence-corrected chi connectivity index (χ4v) is 2.31. The van der Waals surface area contributed by atoms with Crippen LogP contribution in [-0.2, 0) is 0 Å². The van der Waals surface area contributed by atoms with E-state index in [0.29, 0.717) is 11.4 Å². The predicted molar refractivity (Wildman–Crippen MR) is 87.7 cm³/mol. The average Bonchev–Trinajstić information content (AvgIpc) is 2.49. The van der Waals surface area contributed by atoms with Crippen LogP contribution in [-0.4, -0.2) is 29.0 Å². The highest BCUT2D eigenvalue weighted by molar-refractivity contribution is 9.10. The van der Waals surface area contributed by atoms with Crippen LogP contribution in [0.3, 0.4) is 0 Å². The maximum absolute atomic E-state index is 12.1. The van der Waals surface area contributed by atoms with Crippen molar-refractivity contribution in [2.45, 2.75) is 13.8 Å². The van der Waals surface area contributed by atoms with Gasteiger partial charge in [0.2, 0.25) is 0 Å². The normalized spacial score (nSPS) is 10.2. The van der Waals surface area contributed by atoms with Gasteiger partial charge in [-0.2, -0.15) is 0 Å². The Morgan fingerprint density at radius 2 is 2.00 bits per heavy atom. The Kier molecular flexibility index (Phi) is 5.27. The third-order valence-electron chi connectivity index (χ3n) is 3.04. The van der Waals surface area contributed by atoms with Crippen molar-refractivity contribution in [3.05, 3.63) is 46.8 Å². The highest BCUT2D eigenvalue weighted by Gasteiger charge is 2.10. The molecule has 1 amide bonds. The Balaban J connectivity index is 2.09. The molecule has 6 heteroatoms. The summed E-state index contributed by atoms with van der Waals surface area (Å²) in [4.78, 5) is 22.7. The van der Waals surface area contributed by atoms with Crippen molar-refractivity contribution in [3.63, 3.8) is 0 Å². The number of anilines is 2. The summed E-state index contributed by atoms with van der Waals surface area (Å²) < 4.78 is 0.906. The minimum Gasteiger partial charge on any atom is -0.356 e. The number of nitrogens with one attached hydrogen (secondary N) is 1. The smallest absolute Gasteiger partial charge is 0.275 e. The van der Waals surface area contributed by atoms with Crippen LogP contribution in [0.2, 0.25) is 0 Å². The van der Waals surface area contributed by atoms with Crippen molar-refractivity contribution in [1.29, 1.82) is 0 Å². The van der Waals surface area contributed by atoms with Crippen LogP contribution < -0.4 is 10.2 Å². The SMILES string of the molecule is CCN(CC)c1cnc(C(=O)Nc2cccc(Br)c2)cn1. The molecule has 0 radical (unpaired) electrons. The summed E-state index contributed by atoms with van der Waals surface area (Å²) in [5.74, 6) is 0.505. The number of carbonyl (C=O) groups is 1. The average molecular weight is 349 g/mol. The number of aromatic nitrogens is 2. The third-order valence-corrected chi connectivity index (χ3v) is 3.53. The first-order valence-corrected chi connectivity index (χ1v) is 7.57. The molecule has 0 bridgehead atoms. The fourth-order valence-electron chi connectivity index (χ4n) is 1.91. The van der Waals surface area contributed by atoms with E-state index in [1.165, 1.54) is 6.20 Å². The van der Waals surface area contributed by atoms with Gasteiger partial charge in [-0.1, -0.05) is 22.0 Å².